The van der Waals surface area contributed by atoms with E-state index >= 15 is 0 Å². The zero-order valence-corrected chi connectivity index (χ0v) is 11.9. The van der Waals surface area contributed by atoms with Crippen molar-refractivity contribution in [2.75, 3.05) is 24.3 Å². The number of anilines is 2. The Morgan fingerprint density at radius 1 is 1.29 bits per heavy atom. The molecule has 1 amide bonds. The highest BCUT2D eigenvalue weighted by molar-refractivity contribution is 5.98. The van der Waals surface area contributed by atoms with Crippen LogP contribution in [0.2, 0.25) is 0 Å². The quantitative estimate of drug-likeness (QED) is 0.906. The Labute approximate surface area is 124 Å². The van der Waals surface area contributed by atoms with Crippen LogP contribution < -0.4 is 10.6 Å². The van der Waals surface area contributed by atoms with E-state index < -0.39 is 0 Å². The van der Waals surface area contributed by atoms with Gasteiger partial charge in [0.15, 0.2) is 0 Å². The molecule has 0 radical (unpaired) electrons. The minimum Gasteiger partial charge on any atom is -0.384 e. The van der Waals surface area contributed by atoms with Crippen LogP contribution in [0.5, 0.6) is 0 Å². The first-order valence-corrected chi connectivity index (χ1v) is 6.99. The van der Waals surface area contributed by atoms with Crippen LogP contribution in [0.3, 0.4) is 0 Å². The predicted molar refractivity (Wildman–Crippen MR) is 83.5 cm³/mol. The lowest BCUT2D eigenvalue weighted by Gasteiger charge is -2.12. The van der Waals surface area contributed by atoms with Crippen molar-refractivity contribution in [3.05, 3.63) is 59.7 Å². The van der Waals surface area contributed by atoms with Crippen molar-refractivity contribution >= 4 is 17.3 Å². The maximum absolute atomic E-state index is 12.5. The van der Waals surface area contributed by atoms with Crippen LogP contribution in [0, 0.1) is 0 Å². The highest BCUT2D eigenvalue weighted by atomic mass is 16.5. The maximum Gasteiger partial charge on any atom is 0.233 e. The Morgan fingerprint density at radius 3 is 3.00 bits per heavy atom. The molecule has 4 nitrogen and oxygen atoms in total. The summed E-state index contributed by atoms with van der Waals surface area (Å²) >= 11 is 0. The van der Waals surface area contributed by atoms with Crippen LogP contribution in [-0.4, -0.2) is 19.6 Å². The van der Waals surface area contributed by atoms with E-state index in [1.54, 1.807) is 7.11 Å². The van der Waals surface area contributed by atoms with Gasteiger partial charge in [0.05, 0.1) is 12.5 Å². The Bertz CT molecular complexity index is 655. The number of amides is 1. The first-order valence-electron chi connectivity index (χ1n) is 6.99. The zero-order chi connectivity index (χ0) is 14.7. The monoisotopic (exact) mass is 282 g/mol. The molecule has 1 aliphatic rings. The van der Waals surface area contributed by atoms with E-state index in [1.807, 2.05) is 48.5 Å². The number of hydrogen-bond acceptors (Lipinski definition) is 3. The van der Waals surface area contributed by atoms with Crippen molar-refractivity contribution in [1.29, 1.82) is 0 Å². The van der Waals surface area contributed by atoms with E-state index in [2.05, 4.69) is 10.6 Å². The summed E-state index contributed by atoms with van der Waals surface area (Å²) < 4.78 is 5.11. The lowest BCUT2D eigenvalue weighted by molar-refractivity contribution is -0.117. The van der Waals surface area contributed by atoms with Gasteiger partial charge in [-0.15, -0.1) is 0 Å². The number of hydrogen-bond donors (Lipinski definition) is 2. The zero-order valence-electron chi connectivity index (χ0n) is 11.9. The highest BCUT2D eigenvalue weighted by Crippen LogP contribution is 2.31. The Kier molecular flexibility index (Phi) is 3.88. The number of nitrogens with one attached hydrogen (secondary N) is 2. The molecule has 0 saturated carbocycles. The number of ether oxygens (including phenoxy) is 1. The van der Waals surface area contributed by atoms with Crippen molar-refractivity contribution in [3.8, 4) is 0 Å². The number of fused-ring (bicyclic) bond motifs is 1. The van der Waals surface area contributed by atoms with Gasteiger partial charge in [-0.3, -0.25) is 4.79 Å². The van der Waals surface area contributed by atoms with E-state index in [0.29, 0.717) is 13.2 Å². The van der Waals surface area contributed by atoms with Gasteiger partial charge in [-0.25, -0.2) is 0 Å². The van der Waals surface area contributed by atoms with E-state index in [4.69, 9.17) is 4.74 Å². The molecule has 2 N–H and O–H groups in total. The topological polar surface area (TPSA) is 50.4 Å². The second-order valence-electron chi connectivity index (χ2n) is 5.14. The Balaban J connectivity index is 1.74. The summed E-state index contributed by atoms with van der Waals surface area (Å²) in [4.78, 5) is 12.5. The van der Waals surface area contributed by atoms with Crippen LogP contribution >= 0.6 is 0 Å². The second-order valence-corrected chi connectivity index (χ2v) is 5.14. The SMILES string of the molecule is COCc1cccc(NC(=O)C2CNc3ccccc32)c1. The van der Waals surface area contributed by atoms with Crippen molar-refractivity contribution in [2.45, 2.75) is 12.5 Å². The van der Waals surface area contributed by atoms with Crippen molar-refractivity contribution in [2.24, 2.45) is 0 Å². The van der Waals surface area contributed by atoms with Gasteiger partial charge in [0, 0.05) is 25.0 Å². The molecule has 0 aromatic heterocycles. The summed E-state index contributed by atoms with van der Waals surface area (Å²) in [6, 6.07) is 15.7. The first-order chi connectivity index (χ1) is 10.3. The highest BCUT2D eigenvalue weighted by Gasteiger charge is 2.28. The number of benzene rings is 2. The number of carbonyl (C=O) groups is 1. The third-order valence-corrected chi connectivity index (χ3v) is 3.65. The van der Waals surface area contributed by atoms with Crippen LogP contribution in [0.25, 0.3) is 0 Å². The normalized spacial score (nSPS) is 16.1. The van der Waals surface area contributed by atoms with Crippen LogP contribution in [0.1, 0.15) is 17.0 Å². The largest absolute Gasteiger partial charge is 0.384 e. The van der Waals surface area contributed by atoms with Gasteiger partial charge in [-0.2, -0.15) is 0 Å². The molecule has 1 atom stereocenters. The van der Waals surface area contributed by atoms with Gasteiger partial charge >= 0.3 is 0 Å². The molecule has 108 valence electrons. The summed E-state index contributed by atoms with van der Waals surface area (Å²) in [5.74, 6) is -0.130. The molecule has 2 aromatic rings. The summed E-state index contributed by atoms with van der Waals surface area (Å²) in [5.41, 5.74) is 3.95. The fourth-order valence-corrected chi connectivity index (χ4v) is 2.65. The van der Waals surface area contributed by atoms with Gasteiger partial charge in [0.1, 0.15) is 0 Å². The van der Waals surface area contributed by atoms with Crippen molar-refractivity contribution in [3.63, 3.8) is 0 Å². The molecule has 1 heterocycles. The molecule has 21 heavy (non-hydrogen) atoms. The van der Waals surface area contributed by atoms with E-state index in [0.717, 1.165) is 22.5 Å². The lowest BCUT2D eigenvalue weighted by atomic mass is 10.0. The maximum atomic E-state index is 12.5. The lowest BCUT2D eigenvalue weighted by Crippen LogP contribution is -2.22. The van der Waals surface area contributed by atoms with Gasteiger partial charge in [0.2, 0.25) is 5.91 Å². The van der Waals surface area contributed by atoms with Crippen LogP contribution in [-0.2, 0) is 16.1 Å². The molecule has 0 aliphatic carbocycles. The molecule has 0 spiro atoms. The van der Waals surface area contributed by atoms with Crippen molar-refractivity contribution in [1.82, 2.24) is 0 Å². The molecule has 0 saturated heterocycles. The standard InChI is InChI=1S/C17H18N2O2/c1-21-11-12-5-4-6-13(9-12)19-17(20)15-10-18-16-8-3-2-7-14(15)16/h2-9,15,18H,10-11H2,1H3,(H,19,20). The average molecular weight is 282 g/mol. The summed E-state index contributed by atoms with van der Waals surface area (Å²) in [5, 5.41) is 6.26. The molecule has 0 fully saturated rings. The molecule has 0 bridgehead atoms. The van der Waals surface area contributed by atoms with Gasteiger partial charge in [-0.1, -0.05) is 30.3 Å². The third kappa shape index (κ3) is 2.90. The molecule has 4 heteroatoms. The Hall–Kier alpha value is -2.33. The third-order valence-electron chi connectivity index (χ3n) is 3.65. The predicted octanol–water partition coefficient (Wildman–Crippen LogP) is 2.98. The number of carbonyl (C=O) groups excluding carboxylic acids is 1. The van der Waals surface area contributed by atoms with Gasteiger partial charge in [0.25, 0.3) is 0 Å². The fourth-order valence-electron chi connectivity index (χ4n) is 2.65. The van der Waals surface area contributed by atoms with E-state index in [9.17, 15) is 4.79 Å². The molecule has 1 aliphatic heterocycles. The number of rotatable bonds is 4. The van der Waals surface area contributed by atoms with E-state index in [-0.39, 0.29) is 11.8 Å². The summed E-state index contributed by atoms with van der Waals surface area (Å²) in [6.45, 7) is 1.18. The summed E-state index contributed by atoms with van der Waals surface area (Å²) in [7, 11) is 1.66. The summed E-state index contributed by atoms with van der Waals surface area (Å²) in [6.07, 6.45) is 0. The number of para-hydroxylation sites is 1. The number of methoxy groups -OCH3 is 1. The molecular formula is C17H18N2O2. The second kappa shape index (κ2) is 5.97. The average Bonchev–Trinajstić information content (AvgIpc) is 2.92. The molecular weight excluding hydrogens is 264 g/mol. The molecule has 3 rings (SSSR count). The first kappa shape index (κ1) is 13.6. The minimum absolute atomic E-state index is 0.0158. The van der Waals surface area contributed by atoms with E-state index in [1.165, 1.54) is 0 Å². The Morgan fingerprint density at radius 2 is 2.14 bits per heavy atom. The minimum atomic E-state index is -0.146. The van der Waals surface area contributed by atoms with Gasteiger partial charge < -0.3 is 15.4 Å². The smallest absolute Gasteiger partial charge is 0.233 e. The fraction of sp³-hybridized carbons (Fsp3) is 0.235. The van der Waals surface area contributed by atoms with Gasteiger partial charge in [-0.05, 0) is 29.3 Å². The van der Waals surface area contributed by atoms with Crippen molar-refractivity contribution < 1.29 is 9.53 Å². The van der Waals surface area contributed by atoms with Crippen LogP contribution in [0.15, 0.2) is 48.5 Å². The molecule has 2 aromatic carbocycles. The van der Waals surface area contributed by atoms with Crippen LogP contribution in [0.4, 0.5) is 11.4 Å². The molecule has 1 unspecified atom stereocenters.